The fourth-order valence-corrected chi connectivity index (χ4v) is 3.24. The third kappa shape index (κ3) is 3.57. The molecule has 0 spiro atoms. The molecule has 1 aromatic rings. The van der Waals surface area contributed by atoms with E-state index in [4.69, 9.17) is 27.9 Å². The van der Waals surface area contributed by atoms with Crippen molar-refractivity contribution in [2.45, 2.75) is 19.1 Å². The smallest absolute Gasteiger partial charge is 0.251 e. The van der Waals surface area contributed by atoms with Crippen molar-refractivity contribution in [3.63, 3.8) is 0 Å². The molecule has 1 atom stereocenters. The van der Waals surface area contributed by atoms with Gasteiger partial charge in [-0.25, -0.2) is 0 Å². The van der Waals surface area contributed by atoms with E-state index < -0.39 is 0 Å². The van der Waals surface area contributed by atoms with Crippen LogP contribution < -0.4 is 5.32 Å². The number of halogens is 2. The Balaban J connectivity index is 1.56. The summed E-state index contributed by atoms with van der Waals surface area (Å²) in [6, 6.07) is 4.71. The number of fused-ring (bicyclic) bond motifs is 1. The van der Waals surface area contributed by atoms with Gasteiger partial charge in [0.25, 0.3) is 5.91 Å². The maximum Gasteiger partial charge on any atom is 0.251 e. The van der Waals surface area contributed by atoms with Crippen LogP contribution in [-0.4, -0.2) is 36.4 Å². The van der Waals surface area contributed by atoms with E-state index in [0.717, 1.165) is 5.70 Å². The number of carbonyl (C=O) groups is 2. The van der Waals surface area contributed by atoms with Gasteiger partial charge in [-0.3, -0.25) is 9.59 Å². The summed E-state index contributed by atoms with van der Waals surface area (Å²) in [5, 5.41) is 3.65. The summed E-state index contributed by atoms with van der Waals surface area (Å²) in [6.07, 6.45) is 4.16. The number of amides is 1. The monoisotopic (exact) mass is 366 g/mol. The molecule has 5 nitrogen and oxygen atoms in total. The van der Waals surface area contributed by atoms with Crippen LogP contribution >= 0.6 is 23.2 Å². The highest BCUT2D eigenvalue weighted by atomic mass is 35.5. The summed E-state index contributed by atoms with van der Waals surface area (Å²) in [6.45, 7) is 0.423. The molecule has 1 N–H and O–H groups in total. The standard InChI is InChI=1S/C17H16Cl2N2O3/c1-21-14-3-2-13(22)9-15(14)24-16(21)4-5-20-17(23)10-6-11(18)8-12(19)7-10/h3,6-9,16H,2,4-5H2,1H3,(H,20,23). The molecule has 1 aromatic carbocycles. The van der Waals surface area contributed by atoms with Gasteiger partial charge in [0.15, 0.2) is 12.0 Å². The molecule has 126 valence electrons. The van der Waals surface area contributed by atoms with E-state index in [1.807, 2.05) is 18.0 Å². The molecule has 2 aliphatic rings. The zero-order valence-corrected chi connectivity index (χ0v) is 14.5. The van der Waals surface area contributed by atoms with E-state index in [9.17, 15) is 9.59 Å². The highest BCUT2D eigenvalue weighted by Gasteiger charge is 2.32. The van der Waals surface area contributed by atoms with Crippen molar-refractivity contribution in [3.05, 3.63) is 57.4 Å². The lowest BCUT2D eigenvalue weighted by molar-refractivity contribution is -0.114. The molecule has 1 aliphatic carbocycles. The SMILES string of the molecule is CN1C2=CCC(=O)C=C2OC1CCNC(=O)c1cc(Cl)cc(Cl)c1. The predicted molar refractivity (Wildman–Crippen MR) is 91.8 cm³/mol. The molecular formula is C17H16Cl2N2O3. The van der Waals surface area contributed by atoms with Crippen molar-refractivity contribution < 1.29 is 14.3 Å². The van der Waals surface area contributed by atoms with Gasteiger partial charge in [-0.15, -0.1) is 0 Å². The Labute approximate surface area is 149 Å². The van der Waals surface area contributed by atoms with Crippen LogP contribution in [0, 0.1) is 0 Å². The number of hydrogen-bond donors (Lipinski definition) is 1. The molecule has 1 unspecified atom stereocenters. The van der Waals surface area contributed by atoms with Crippen LogP contribution in [0.15, 0.2) is 41.8 Å². The maximum absolute atomic E-state index is 12.1. The molecule has 1 heterocycles. The summed E-state index contributed by atoms with van der Waals surface area (Å²) >= 11 is 11.8. The molecule has 0 aromatic heterocycles. The largest absolute Gasteiger partial charge is 0.468 e. The lowest BCUT2D eigenvalue weighted by atomic mass is 10.1. The first-order valence-electron chi connectivity index (χ1n) is 7.53. The molecule has 0 radical (unpaired) electrons. The number of benzene rings is 1. The van der Waals surface area contributed by atoms with Gasteiger partial charge < -0.3 is 15.0 Å². The zero-order chi connectivity index (χ0) is 17.3. The molecule has 1 aliphatic heterocycles. The molecule has 3 rings (SSSR count). The van der Waals surface area contributed by atoms with Crippen LogP contribution in [0.3, 0.4) is 0 Å². The minimum Gasteiger partial charge on any atom is -0.468 e. The van der Waals surface area contributed by atoms with E-state index >= 15 is 0 Å². The van der Waals surface area contributed by atoms with Gasteiger partial charge in [0.2, 0.25) is 0 Å². The highest BCUT2D eigenvalue weighted by molar-refractivity contribution is 6.35. The highest BCUT2D eigenvalue weighted by Crippen LogP contribution is 2.32. The van der Waals surface area contributed by atoms with Crippen molar-refractivity contribution in [2.75, 3.05) is 13.6 Å². The number of ketones is 1. The minimum atomic E-state index is -0.244. The lowest BCUT2D eigenvalue weighted by Crippen LogP contribution is -2.32. The average molecular weight is 367 g/mol. The van der Waals surface area contributed by atoms with Crippen LogP contribution in [0.4, 0.5) is 0 Å². The number of rotatable bonds is 4. The molecule has 24 heavy (non-hydrogen) atoms. The van der Waals surface area contributed by atoms with Gasteiger partial charge in [-0.2, -0.15) is 0 Å². The van der Waals surface area contributed by atoms with Crippen LogP contribution in [0.2, 0.25) is 10.0 Å². The Morgan fingerprint density at radius 1 is 1.33 bits per heavy atom. The quantitative estimate of drug-likeness (QED) is 0.888. The summed E-state index contributed by atoms with van der Waals surface area (Å²) in [5.41, 5.74) is 1.34. The second kappa shape index (κ2) is 6.87. The number of carbonyl (C=O) groups excluding carboxylic acids is 2. The van der Waals surface area contributed by atoms with E-state index in [0.29, 0.717) is 40.8 Å². The fourth-order valence-electron chi connectivity index (χ4n) is 2.72. The zero-order valence-electron chi connectivity index (χ0n) is 13.0. The number of nitrogens with zero attached hydrogens (tertiary/aromatic N) is 1. The molecule has 1 fully saturated rings. The van der Waals surface area contributed by atoms with Crippen LogP contribution in [0.5, 0.6) is 0 Å². The Morgan fingerprint density at radius 3 is 2.75 bits per heavy atom. The van der Waals surface area contributed by atoms with Crippen molar-refractivity contribution in [3.8, 4) is 0 Å². The summed E-state index contributed by atoms with van der Waals surface area (Å²) < 4.78 is 5.78. The van der Waals surface area contributed by atoms with Gasteiger partial charge in [0.05, 0.1) is 5.70 Å². The van der Waals surface area contributed by atoms with Crippen LogP contribution in [0.25, 0.3) is 0 Å². The first-order valence-corrected chi connectivity index (χ1v) is 8.28. The third-order valence-electron chi connectivity index (χ3n) is 3.92. The maximum atomic E-state index is 12.1. The van der Waals surface area contributed by atoms with E-state index in [-0.39, 0.29) is 17.9 Å². The van der Waals surface area contributed by atoms with Crippen molar-refractivity contribution in [2.24, 2.45) is 0 Å². The van der Waals surface area contributed by atoms with Crippen LogP contribution in [-0.2, 0) is 9.53 Å². The minimum absolute atomic E-state index is 0.0361. The normalized spacial score (nSPS) is 19.4. The molecule has 1 amide bonds. The fraction of sp³-hybridized carbons (Fsp3) is 0.294. The average Bonchev–Trinajstić information content (AvgIpc) is 2.82. The first kappa shape index (κ1) is 16.9. The van der Waals surface area contributed by atoms with Gasteiger partial charge in [0, 0.05) is 48.1 Å². The third-order valence-corrected chi connectivity index (χ3v) is 4.35. The number of ether oxygens (including phenoxy) is 1. The van der Waals surface area contributed by atoms with Crippen molar-refractivity contribution in [1.82, 2.24) is 10.2 Å². The summed E-state index contributed by atoms with van der Waals surface area (Å²) in [7, 11) is 1.91. The predicted octanol–water partition coefficient (Wildman–Crippen LogP) is 3.14. The van der Waals surface area contributed by atoms with Crippen LogP contribution in [0.1, 0.15) is 23.2 Å². The van der Waals surface area contributed by atoms with Gasteiger partial charge in [-0.05, 0) is 24.3 Å². The number of likely N-dealkylation sites (N-methyl/N-ethyl adjacent to an activating group) is 1. The van der Waals surface area contributed by atoms with Gasteiger partial charge >= 0.3 is 0 Å². The van der Waals surface area contributed by atoms with Gasteiger partial charge in [-0.1, -0.05) is 23.2 Å². The van der Waals surface area contributed by atoms with E-state index in [1.54, 1.807) is 18.2 Å². The number of allylic oxidation sites excluding steroid dienone is 2. The Hall–Kier alpha value is -1.98. The number of nitrogens with one attached hydrogen (secondary N) is 1. The molecule has 1 saturated heterocycles. The number of hydrogen-bond acceptors (Lipinski definition) is 4. The molecule has 7 heteroatoms. The van der Waals surface area contributed by atoms with Crippen molar-refractivity contribution >= 4 is 34.9 Å². The molecular weight excluding hydrogens is 351 g/mol. The second-order valence-electron chi connectivity index (χ2n) is 5.65. The lowest BCUT2D eigenvalue weighted by Gasteiger charge is -2.20. The Bertz CT molecular complexity index is 738. The topological polar surface area (TPSA) is 58.6 Å². The Kier molecular flexibility index (Phi) is 4.83. The van der Waals surface area contributed by atoms with E-state index in [1.165, 1.54) is 6.08 Å². The van der Waals surface area contributed by atoms with Gasteiger partial charge in [0.1, 0.15) is 5.76 Å². The van der Waals surface area contributed by atoms with Crippen molar-refractivity contribution in [1.29, 1.82) is 0 Å². The summed E-state index contributed by atoms with van der Waals surface area (Å²) in [5.74, 6) is 0.395. The molecule has 0 saturated carbocycles. The summed E-state index contributed by atoms with van der Waals surface area (Å²) in [4.78, 5) is 25.6. The molecule has 0 bridgehead atoms. The van der Waals surface area contributed by atoms with E-state index in [2.05, 4.69) is 5.32 Å². The Morgan fingerprint density at radius 2 is 2.04 bits per heavy atom. The first-order chi connectivity index (χ1) is 11.4. The second-order valence-corrected chi connectivity index (χ2v) is 6.53.